The third kappa shape index (κ3) is 2.95. The van der Waals surface area contributed by atoms with E-state index >= 15 is 0 Å². The minimum absolute atomic E-state index is 0.0677. The van der Waals surface area contributed by atoms with Crippen molar-refractivity contribution < 1.29 is 13.5 Å². The number of rotatable bonds is 3. The maximum atomic E-state index is 14.4. The highest BCUT2D eigenvalue weighted by Crippen LogP contribution is 2.40. The molecule has 1 aliphatic heterocycles. The van der Waals surface area contributed by atoms with Crippen molar-refractivity contribution in [3.63, 3.8) is 0 Å². The highest BCUT2D eigenvalue weighted by molar-refractivity contribution is 9.10. The molecule has 1 fully saturated rings. The molecule has 0 radical (unpaired) electrons. The lowest BCUT2D eigenvalue weighted by molar-refractivity contribution is 0.166. The van der Waals surface area contributed by atoms with Crippen molar-refractivity contribution in [3.8, 4) is 0 Å². The fourth-order valence-corrected chi connectivity index (χ4v) is 3.93. The second-order valence-electron chi connectivity index (χ2n) is 7.44. The number of halogens is 3. The van der Waals surface area contributed by atoms with Gasteiger partial charge in [0.25, 0.3) is 0 Å². The summed E-state index contributed by atoms with van der Waals surface area (Å²) in [6.07, 6.45) is 0.220. The predicted molar refractivity (Wildman–Crippen MR) is 100 cm³/mol. The number of hydrogen-bond acceptors (Lipinski definition) is 2. The Kier molecular flexibility index (Phi) is 4.35. The highest BCUT2D eigenvalue weighted by atomic mass is 79.9. The van der Waals surface area contributed by atoms with Gasteiger partial charge in [-0.25, -0.2) is 13.8 Å². The van der Waals surface area contributed by atoms with Crippen LogP contribution in [0.5, 0.6) is 0 Å². The van der Waals surface area contributed by atoms with E-state index in [1.54, 1.807) is 0 Å². The number of aromatic nitrogens is 2. The monoisotopic (exact) mass is 420 g/mol. The smallest absolute Gasteiger partial charge is 0.137 e. The van der Waals surface area contributed by atoms with Gasteiger partial charge in [0.05, 0.1) is 34.8 Å². The SMILES string of the molecule is CC1(C)COC[C@H]1n1c(Cc2cc(F)c(Br)cc2F)nc2ccccc21. The Labute approximate surface area is 159 Å². The van der Waals surface area contributed by atoms with E-state index in [2.05, 4.69) is 34.3 Å². The first kappa shape index (κ1) is 17.6. The number of fused-ring (bicyclic) bond motifs is 1. The summed E-state index contributed by atoms with van der Waals surface area (Å²) in [7, 11) is 0. The Morgan fingerprint density at radius 1 is 1.23 bits per heavy atom. The molecule has 4 rings (SSSR count). The summed E-state index contributed by atoms with van der Waals surface area (Å²) in [6.45, 7) is 5.55. The van der Waals surface area contributed by atoms with Gasteiger partial charge in [-0.2, -0.15) is 0 Å². The van der Waals surface area contributed by atoms with E-state index in [9.17, 15) is 8.78 Å². The molecular formula is C20H19BrF2N2O. The maximum Gasteiger partial charge on any atom is 0.137 e. The van der Waals surface area contributed by atoms with Crippen molar-refractivity contribution in [1.29, 1.82) is 0 Å². The fraction of sp³-hybridized carbons (Fsp3) is 0.350. The van der Waals surface area contributed by atoms with Crippen LogP contribution in [-0.4, -0.2) is 22.8 Å². The van der Waals surface area contributed by atoms with E-state index in [1.165, 1.54) is 12.1 Å². The topological polar surface area (TPSA) is 27.1 Å². The number of nitrogens with zero attached hydrogens (tertiary/aromatic N) is 2. The van der Waals surface area contributed by atoms with Gasteiger partial charge in [-0.05, 0) is 45.8 Å². The molecule has 0 amide bonds. The highest BCUT2D eigenvalue weighted by Gasteiger charge is 2.39. The third-order valence-electron chi connectivity index (χ3n) is 5.07. The number of benzene rings is 2. The van der Waals surface area contributed by atoms with E-state index in [-0.39, 0.29) is 22.4 Å². The predicted octanol–water partition coefficient (Wildman–Crippen LogP) is 5.27. The maximum absolute atomic E-state index is 14.4. The molecule has 0 unspecified atom stereocenters. The van der Waals surface area contributed by atoms with Gasteiger partial charge in [0.15, 0.2) is 0 Å². The molecular weight excluding hydrogens is 402 g/mol. The minimum atomic E-state index is -0.478. The number of para-hydroxylation sites is 2. The largest absolute Gasteiger partial charge is 0.379 e. The molecule has 0 spiro atoms. The van der Waals surface area contributed by atoms with Gasteiger partial charge in [0.2, 0.25) is 0 Å². The van der Waals surface area contributed by atoms with Crippen LogP contribution in [0.2, 0.25) is 0 Å². The average molecular weight is 421 g/mol. The summed E-state index contributed by atoms with van der Waals surface area (Å²) in [5.74, 6) is -0.206. The lowest BCUT2D eigenvalue weighted by Crippen LogP contribution is -2.27. The van der Waals surface area contributed by atoms with Gasteiger partial charge >= 0.3 is 0 Å². The molecule has 1 atom stereocenters. The zero-order valence-electron chi connectivity index (χ0n) is 14.6. The average Bonchev–Trinajstić information content (AvgIpc) is 3.11. The zero-order chi connectivity index (χ0) is 18.5. The number of imidazole rings is 1. The van der Waals surface area contributed by atoms with Crippen LogP contribution in [0.4, 0.5) is 8.78 Å². The molecule has 2 aromatic carbocycles. The lowest BCUT2D eigenvalue weighted by atomic mass is 9.87. The summed E-state index contributed by atoms with van der Waals surface area (Å²) in [4.78, 5) is 4.72. The Hall–Kier alpha value is -1.79. The van der Waals surface area contributed by atoms with Gasteiger partial charge in [0.1, 0.15) is 17.5 Å². The molecule has 0 aliphatic carbocycles. The molecule has 2 heterocycles. The molecule has 0 bridgehead atoms. The van der Waals surface area contributed by atoms with Gasteiger partial charge in [-0.15, -0.1) is 0 Å². The van der Waals surface area contributed by atoms with Crippen molar-refractivity contribution >= 4 is 27.0 Å². The molecule has 3 nitrogen and oxygen atoms in total. The van der Waals surface area contributed by atoms with Crippen molar-refractivity contribution in [3.05, 3.63) is 63.9 Å². The molecule has 3 aromatic rings. The van der Waals surface area contributed by atoms with Gasteiger partial charge in [-0.3, -0.25) is 0 Å². The second kappa shape index (κ2) is 6.43. The molecule has 136 valence electrons. The van der Waals surface area contributed by atoms with Crippen LogP contribution in [0.25, 0.3) is 11.0 Å². The fourth-order valence-electron chi connectivity index (χ4n) is 3.62. The normalized spacial score (nSPS) is 19.3. The van der Waals surface area contributed by atoms with Crippen molar-refractivity contribution in [2.24, 2.45) is 5.41 Å². The van der Waals surface area contributed by atoms with Crippen LogP contribution in [0.1, 0.15) is 31.3 Å². The van der Waals surface area contributed by atoms with Crippen LogP contribution < -0.4 is 0 Å². The van der Waals surface area contributed by atoms with Crippen LogP contribution in [0.3, 0.4) is 0 Å². The van der Waals surface area contributed by atoms with E-state index in [1.807, 2.05) is 24.3 Å². The first-order valence-corrected chi connectivity index (χ1v) is 9.33. The van der Waals surface area contributed by atoms with Gasteiger partial charge < -0.3 is 9.30 Å². The molecule has 1 saturated heterocycles. The van der Waals surface area contributed by atoms with Gasteiger partial charge in [-0.1, -0.05) is 26.0 Å². The Balaban J connectivity index is 1.85. The van der Waals surface area contributed by atoms with E-state index in [0.29, 0.717) is 18.8 Å². The van der Waals surface area contributed by atoms with Crippen LogP contribution in [0.15, 0.2) is 40.9 Å². The summed E-state index contributed by atoms with van der Waals surface area (Å²) >= 11 is 3.02. The van der Waals surface area contributed by atoms with Crippen LogP contribution >= 0.6 is 15.9 Å². The summed E-state index contributed by atoms with van der Waals surface area (Å²) < 4.78 is 36.3. The Morgan fingerprint density at radius 2 is 2.00 bits per heavy atom. The molecule has 0 saturated carbocycles. The summed E-state index contributed by atoms with van der Waals surface area (Å²) in [6, 6.07) is 10.3. The van der Waals surface area contributed by atoms with E-state index < -0.39 is 11.6 Å². The van der Waals surface area contributed by atoms with Gasteiger partial charge in [0, 0.05) is 11.8 Å². The third-order valence-corrected chi connectivity index (χ3v) is 5.68. The van der Waals surface area contributed by atoms with E-state index in [0.717, 1.165) is 16.9 Å². The quantitative estimate of drug-likeness (QED) is 0.539. The van der Waals surface area contributed by atoms with Crippen molar-refractivity contribution in [1.82, 2.24) is 9.55 Å². The molecule has 26 heavy (non-hydrogen) atoms. The number of ether oxygens (including phenoxy) is 1. The first-order valence-electron chi connectivity index (χ1n) is 8.54. The summed E-state index contributed by atoms with van der Waals surface area (Å²) in [5, 5.41) is 0. The zero-order valence-corrected chi connectivity index (χ0v) is 16.2. The lowest BCUT2D eigenvalue weighted by Gasteiger charge is -2.28. The van der Waals surface area contributed by atoms with E-state index in [4.69, 9.17) is 9.72 Å². The Morgan fingerprint density at radius 3 is 2.73 bits per heavy atom. The molecule has 0 N–H and O–H groups in total. The van der Waals surface area contributed by atoms with Crippen LogP contribution in [-0.2, 0) is 11.2 Å². The van der Waals surface area contributed by atoms with Crippen molar-refractivity contribution in [2.45, 2.75) is 26.3 Å². The molecule has 6 heteroatoms. The molecule has 1 aliphatic rings. The second-order valence-corrected chi connectivity index (χ2v) is 8.30. The Bertz CT molecular complexity index is 983. The van der Waals surface area contributed by atoms with Crippen molar-refractivity contribution in [2.75, 3.05) is 13.2 Å². The standard InChI is InChI=1S/C20H19BrF2N2O/c1-20(2)11-26-10-18(20)25-17-6-4-3-5-16(17)24-19(25)8-12-7-15(23)13(21)9-14(12)22/h3-7,9,18H,8,10-11H2,1-2H3/t18-/m1/s1. The molecule has 1 aromatic heterocycles. The summed E-state index contributed by atoms with van der Waals surface area (Å²) in [5.41, 5.74) is 2.06. The number of hydrogen-bond donors (Lipinski definition) is 0. The minimum Gasteiger partial charge on any atom is -0.379 e. The first-order chi connectivity index (χ1) is 12.4. The van der Waals surface area contributed by atoms with Crippen LogP contribution in [0, 0.1) is 17.0 Å².